The maximum Gasteiger partial charge on any atom is 0.265 e. The topological polar surface area (TPSA) is 63.6 Å². The van der Waals surface area contributed by atoms with Crippen LogP contribution in [0.15, 0.2) is 21.8 Å². The monoisotopic (exact) mass is 322 g/mol. The van der Waals surface area contributed by atoms with E-state index in [0.29, 0.717) is 16.2 Å². The van der Waals surface area contributed by atoms with Gasteiger partial charge in [-0.1, -0.05) is 6.92 Å². The molecule has 0 amide bonds. The molecule has 1 fully saturated rings. The van der Waals surface area contributed by atoms with Crippen LogP contribution in [-0.2, 0) is 6.54 Å². The van der Waals surface area contributed by atoms with Gasteiger partial charge in [-0.05, 0) is 35.2 Å². The molecule has 1 saturated carbocycles. The van der Waals surface area contributed by atoms with E-state index in [2.05, 4.69) is 37.8 Å². The maximum atomic E-state index is 12.0. The van der Waals surface area contributed by atoms with Gasteiger partial charge < -0.3 is 9.55 Å². The van der Waals surface area contributed by atoms with Crippen molar-refractivity contribution in [1.29, 1.82) is 0 Å². The first-order valence-electron chi connectivity index (χ1n) is 6.51. The third-order valence-electron chi connectivity index (χ3n) is 3.27. The van der Waals surface area contributed by atoms with Gasteiger partial charge in [0.25, 0.3) is 5.56 Å². The molecule has 2 aromatic rings. The Labute approximate surface area is 119 Å². The Kier molecular flexibility index (Phi) is 3.26. The third-order valence-corrected chi connectivity index (χ3v) is 4.04. The number of aromatic amines is 1. The molecular weight excluding hydrogens is 308 g/mol. The molecule has 1 N–H and O–H groups in total. The van der Waals surface area contributed by atoms with Gasteiger partial charge in [-0.3, -0.25) is 4.79 Å². The quantitative estimate of drug-likeness (QED) is 0.941. The molecule has 100 valence electrons. The lowest BCUT2D eigenvalue weighted by atomic mass is 10.2. The van der Waals surface area contributed by atoms with Crippen LogP contribution < -0.4 is 5.56 Å². The highest BCUT2D eigenvalue weighted by molar-refractivity contribution is 9.10. The molecule has 2 aromatic heterocycles. The summed E-state index contributed by atoms with van der Waals surface area (Å²) in [6.07, 6.45) is 6.77. The lowest BCUT2D eigenvalue weighted by molar-refractivity contribution is 0.680. The Hall–Kier alpha value is -1.43. The molecule has 0 bridgehead atoms. The molecule has 0 spiro atoms. The number of halogens is 1. The fraction of sp³-hybridized carbons (Fsp3) is 0.462. The van der Waals surface area contributed by atoms with E-state index in [4.69, 9.17) is 0 Å². The van der Waals surface area contributed by atoms with Gasteiger partial charge in [0.2, 0.25) is 0 Å². The maximum absolute atomic E-state index is 12.0. The van der Waals surface area contributed by atoms with E-state index in [0.717, 1.165) is 37.2 Å². The van der Waals surface area contributed by atoms with Crippen molar-refractivity contribution in [1.82, 2.24) is 19.5 Å². The van der Waals surface area contributed by atoms with Crippen molar-refractivity contribution in [3.63, 3.8) is 0 Å². The van der Waals surface area contributed by atoms with Crippen molar-refractivity contribution in [2.75, 3.05) is 0 Å². The van der Waals surface area contributed by atoms with E-state index in [1.54, 1.807) is 12.5 Å². The fourth-order valence-electron chi connectivity index (χ4n) is 2.16. The molecule has 19 heavy (non-hydrogen) atoms. The van der Waals surface area contributed by atoms with Gasteiger partial charge in [0.05, 0.1) is 18.2 Å². The number of H-pyrrole nitrogens is 1. The second-order valence-electron chi connectivity index (χ2n) is 4.86. The highest BCUT2D eigenvalue weighted by Crippen LogP contribution is 2.41. The Morgan fingerprint density at radius 3 is 3.00 bits per heavy atom. The van der Waals surface area contributed by atoms with E-state index >= 15 is 0 Å². The van der Waals surface area contributed by atoms with Crippen LogP contribution in [0.1, 0.15) is 37.8 Å². The van der Waals surface area contributed by atoms with Crippen LogP contribution in [0.5, 0.6) is 0 Å². The van der Waals surface area contributed by atoms with E-state index in [1.807, 2.05) is 4.57 Å². The van der Waals surface area contributed by atoms with Gasteiger partial charge in [-0.15, -0.1) is 0 Å². The van der Waals surface area contributed by atoms with Gasteiger partial charge in [0.15, 0.2) is 5.82 Å². The van der Waals surface area contributed by atoms with Crippen LogP contribution in [0.25, 0.3) is 11.5 Å². The van der Waals surface area contributed by atoms with Gasteiger partial charge in [0.1, 0.15) is 10.2 Å². The number of hydrogen-bond donors (Lipinski definition) is 1. The van der Waals surface area contributed by atoms with Gasteiger partial charge >= 0.3 is 0 Å². The van der Waals surface area contributed by atoms with E-state index < -0.39 is 0 Å². The lowest BCUT2D eigenvalue weighted by Crippen LogP contribution is -2.14. The summed E-state index contributed by atoms with van der Waals surface area (Å²) in [5.41, 5.74) is 1.63. The average molecular weight is 323 g/mol. The van der Waals surface area contributed by atoms with Gasteiger partial charge in [-0.2, -0.15) is 0 Å². The molecule has 1 aliphatic carbocycles. The second kappa shape index (κ2) is 4.92. The summed E-state index contributed by atoms with van der Waals surface area (Å²) in [7, 11) is 0. The first-order chi connectivity index (χ1) is 9.20. The minimum absolute atomic E-state index is 0.115. The number of aryl methyl sites for hydroxylation is 1. The number of nitrogens with one attached hydrogen (secondary N) is 1. The van der Waals surface area contributed by atoms with Crippen LogP contribution in [0.3, 0.4) is 0 Å². The molecule has 3 rings (SSSR count). The minimum Gasteiger partial charge on any atom is -0.328 e. The van der Waals surface area contributed by atoms with Crippen LogP contribution >= 0.6 is 15.9 Å². The first-order valence-corrected chi connectivity index (χ1v) is 7.30. The predicted octanol–water partition coefficient (Wildman–Crippen LogP) is 2.68. The fourth-order valence-corrected chi connectivity index (χ4v) is 2.67. The molecular formula is C13H15BrN4O. The number of rotatable bonds is 4. The molecule has 2 heterocycles. The van der Waals surface area contributed by atoms with Crippen molar-refractivity contribution >= 4 is 15.9 Å². The molecule has 0 atom stereocenters. The zero-order valence-electron chi connectivity index (χ0n) is 10.7. The summed E-state index contributed by atoms with van der Waals surface area (Å²) in [4.78, 5) is 23.6. The van der Waals surface area contributed by atoms with Crippen molar-refractivity contribution in [2.24, 2.45) is 0 Å². The second-order valence-corrected chi connectivity index (χ2v) is 5.65. The number of hydrogen-bond acceptors (Lipinski definition) is 3. The number of imidazole rings is 1. The van der Waals surface area contributed by atoms with Crippen LogP contribution in [-0.4, -0.2) is 19.5 Å². The Morgan fingerprint density at radius 2 is 2.32 bits per heavy atom. The third kappa shape index (κ3) is 2.36. The highest BCUT2D eigenvalue weighted by Gasteiger charge is 2.29. The standard InChI is InChI=1S/C13H15BrN4O/c1-2-5-18-7-15-6-9(18)12-16-11(8-3-4-8)10(14)13(19)17-12/h6-8H,2-5H2,1H3,(H,16,17,19). The molecule has 0 radical (unpaired) electrons. The van der Waals surface area contributed by atoms with E-state index in [-0.39, 0.29) is 5.56 Å². The smallest absolute Gasteiger partial charge is 0.265 e. The number of aromatic nitrogens is 4. The van der Waals surface area contributed by atoms with Crippen molar-refractivity contribution in [2.45, 2.75) is 38.6 Å². The van der Waals surface area contributed by atoms with Crippen LogP contribution in [0.2, 0.25) is 0 Å². The Morgan fingerprint density at radius 1 is 1.53 bits per heavy atom. The zero-order valence-corrected chi connectivity index (χ0v) is 12.3. The van der Waals surface area contributed by atoms with Gasteiger partial charge in [-0.25, -0.2) is 9.97 Å². The van der Waals surface area contributed by atoms with Crippen molar-refractivity contribution < 1.29 is 0 Å². The first kappa shape index (κ1) is 12.6. The minimum atomic E-state index is -0.115. The normalized spacial score (nSPS) is 14.8. The summed E-state index contributed by atoms with van der Waals surface area (Å²) < 4.78 is 2.59. The van der Waals surface area contributed by atoms with Crippen molar-refractivity contribution in [3.8, 4) is 11.5 Å². The number of nitrogens with zero attached hydrogens (tertiary/aromatic N) is 3. The molecule has 0 saturated heterocycles. The van der Waals surface area contributed by atoms with Gasteiger partial charge in [0, 0.05) is 12.5 Å². The largest absolute Gasteiger partial charge is 0.328 e. The summed E-state index contributed by atoms with van der Waals surface area (Å²) in [5, 5.41) is 0. The molecule has 0 aromatic carbocycles. The Bertz CT molecular complexity index is 657. The predicted molar refractivity (Wildman–Crippen MR) is 76.0 cm³/mol. The van der Waals surface area contributed by atoms with Crippen LogP contribution in [0, 0.1) is 0 Å². The zero-order chi connectivity index (χ0) is 13.4. The lowest BCUT2D eigenvalue weighted by Gasteiger charge is -2.08. The summed E-state index contributed by atoms with van der Waals surface area (Å²) in [6.45, 7) is 2.98. The molecule has 6 heteroatoms. The Balaban J connectivity index is 2.09. The van der Waals surface area contributed by atoms with E-state index in [1.165, 1.54) is 0 Å². The molecule has 0 aliphatic heterocycles. The van der Waals surface area contributed by atoms with Crippen LogP contribution in [0.4, 0.5) is 0 Å². The SMILES string of the molecule is CCCn1cncc1-c1nc(C2CC2)c(Br)c(=O)[nH]1. The molecule has 5 nitrogen and oxygen atoms in total. The summed E-state index contributed by atoms with van der Waals surface area (Å²) in [6, 6.07) is 0. The van der Waals surface area contributed by atoms with Crippen molar-refractivity contribution in [3.05, 3.63) is 33.0 Å². The van der Waals surface area contributed by atoms with E-state index in [9.17, 15) is 4.79 Å². The molecule has 0 unspecified atom stereocenters. The molecule has 1 aliphatic rings. The summed E-state index contributed by atoms with van der Waals surface area (Å²) in [5.74, 6) is 1.04. The highest BCUT2D eigenvalue weighted by atomic mass is 79.9. The average Bonchev–Trinajstić information content (AvgIpc) is 3.13. The summed E-state index contributed by atoms with van der Waals surface area (Å²) >= 11 is 3.34.